The van der Waals surface area contributed by atoms with Crippen molar-refractivity contribution in [2.45, 2.75) is 13.3 Å². The molecule has 0 N–H and O–H groups in total. The summed E-state index contributed by atoms with van der Waals surface area (Å²) in [6.07, 6.45) is 0.863. The van der Waals surface area contributed by atoms with Crippen molar-refractivity contribution in [1.29, 1.82) is 0 Å². The summed E-state index contributed by atoms with van der Waals surface area (Å²) in [5, 5.41) is 0. The summed E-state index contributed by atoms with van der Waals surface area (Å²) in [6, 6.07) is 8.82. The number of benzene rings is 1. The minimum atomic E-state index is -0.210. The van der Waals surface area contributed by atoms with Crippen LogP contribution in [0.15, 0.2) is 30.3 Å². The topological polar surface area (TPSA) is 40.6 Å². The van der Waals surface area contributed by atoms with Gasteiger partial charge in [0.15, 0.2) is 0 Å². The summed E-state index contributed by atoms with van der Waals surface area (Å²) in [5.74, 6) is -0.148. The summed E-state index contributed by atoms with van der Waals surface area (Å²) in [6.45, 7) is 2.82. The molecule has 1 aromatic rings. The van der Waals surface area contributed by atoms with Gasteiger partial charge in [0.2, 0.25) is 0 Å². The molecular weight excluding hydrogens is 204 g/mol. The fourth-order valence-corrected chi connectivity index (χ4v) is 1.83. The Labute approximate surface area is 94.5 Å². The number of nitrogens with zero attached hydrogens (tertiary/aromatic N) is 2. The van der Waals surface area contributed by atoms with E-state index in [2.05, 4.69) is 0 Å². The van der Waals surface area contributed by atoms with E-state index in [1.165, 1.54) is 4.90 Å². The van der Waals surface area contributed by atoms with Crippen LogP contribution in [-0.2, 0) is 4.79 Å². The first-order valence-electron chi connectivity index (χ1n) is 5.41. The summed E-state index contributed by atoms with van der Waals surface area (Å²) in [4.78, 5) is 26.5. The van der Waals surface area contributed by atoms with Gasteiger partial charge in [0.25, 0.3) is 5.91 Å². The van der Waals surface area contributed by atoms with E-state index in [9.17, 15) is 9.59 Å². The molecular formula is C12H14N2O2. The lowest BCUT2D eigenvalue weighted by molar-refractivity contribution is -0.116. The van der Waals surface area contributed by atoms with Gasteiger partial charge in [-0.25, -0.2) is 9.69 Å². The maximum atomic E-state index is 11.9. The van der Waals surface area contributed by atoms with Gasteiger partial charge in [-0.05, 0) is 18.6 Å². The van der Waals surface area contributed by atoms with E-state index in [1.54, 1.807) is 17.0 Å². The second-order valence-corrected chi connectivity index (χ2v) is 3.77. The van der Waals surface area contributed by atoms with Crippen LogP contribution in [-0.4, -0.2) is 29.9 Å². The van der Waals surface area contributed by atoms with Gasteiger partial charge in [0, 0.05) is 6.54 Å². The molecule has 0 aliphatic carbocycles. The zero-order chi connectivity index (χ0) is 11.5. The molecule has 0 spiro atoms. The summed E-state index contributed by atoms with van der Waals surface area (Å²) >= 11 is 0. The molecule has 3 amide bonds. The lowest BCUT2D eigenvalue weighted by Crippen LogP contribution is -2.33. The number of amides is 3. The highest BCUT2D eigenvalue weighted by atomic mass is 16.2. The summed E-state index contributed by atoms with van der Waals surface area (Å²) in [5.41, 5.74) is 0.649. The Hall–Kier alpha value is -1.84. The predicted molar refractivity (Wildman–Crippen MR) is 61.2 cm³/mol. The lowest BCUT2D eigenvalue weighted by Gasteiger charge is -2.16. The smallest absolute Gasteiger partial charge is 0.315 e. The van der Waals surface area contributed by atoms with E-state index in [1.807, 2.05) is 25.1 Å². The lowest BCUT2D eigenvalue weighted by atomic mass is 10.3. The first-order chi connectivity index (χ1) is 7.74. The average Bonchev–Trinajstić information content (AvgIpc) is 2.56. The van der Waals surface area contributed by atoms with Crippen molar-refractivity contribution in [3.8, 4) is 0 Å². The van der Waals surface area contributed by atoms with Gasteiger partial charge in [0.05, 0.1) is 5.69 Å². The molecule has 1 aliphatic heterocycles. The summed E-state index contributed by atoms with van der Waals surface area (Å²) in [7, 11) is 0. The Balaban J connectivity index is 2.23. The molecule has 4 nitrogen and oxygen atoms in total. The highest BCUT2D eigenvalue weighted by Gasteiger charge is 2.36. The highest BCUT2D eigenvalue weighted by molar-refractivity contribution is 6.19. The quantitative estimate of drug-likeness (QED) is 0.726. The van der Waals surface area contributed by atoms with E-state index in [0.29, 0.717) is 12.2 Å². The van der Waals surface area contributed by atoms with Gasteiger partial charge in [-0.1, -0.05) is 25.1 Å². The number of imide groups is 1. The molecule has 4 heteroatoms. The maximum absolute atomic E-state index is 11.9. The minimum Gasteiger partial charge on any atom is -0.315 e. The number of para-hydroxylation sites is 1. The summed E-state index contributed by atoms with van der Waals surface area (Å²) < 4.78 is 0. The van der Waals surface area contributed by atoms with Gasteiger partial charge in [-0.15, -0.1) is 0 Å². The first kappa shape index (κ1) is 10.7. The van der Waals surface area contributed by atoms with Crippen LogP contribution >= 0.6 is 0 Å². The fourth-order valence-electron chi connectivity index (χ4n) is 1.83. The van der Waals surface area contributed by atoms with Gasteiger partial charge >= 0.3 is 6.03 Å². The van der Waals surface area contributed by atoms with Crippen LogP contribution in [0.1, 0.15) is 13.3 Å². The van der Waals surface area contributed by atoms with E-state index in [4.69, 9.17) is 0 Å². The second-order valence-electron chi connectivity index (χ2n) is 3.77. The molecule has 16 heavy (non-hydrogen) atoms. The van der Waals surface area contributed by atoms with Gasteiger partial charge in [-0.2, -0.15) is 0 Å². The maximum Gasteiger partial charge on any atom is 0.331 e. The standard InChI is InChI=1S/C12H14N2O2/c1-2-8-13-9-11(15)14(12(13)16)10-6-4-3-5-7-10/h3-7H,2,8-9H2,1H3. The molecule has 0 atom stereocenters. The number of carbonyl (C=O) groups is 2. The Morgan fingerprint density at radius 2 is 1.88 bits per heavy atom. The normalized spacial score (nSPS) is 16.1. The Morgan fingerprint density at radius 3 is 2.50 bits per heavy atom. The number of rotatable bonds is 3. The number of hydrogen-bond donors (Lipinski definition) is 0. The predicted octanol–water partition coefficient (Wildman–Crippen LogP) is 1.87. The number of carbonyl (C=O) groups excluding carboxylic acids is 2. The van der Waals surface area contributed by atoms with Crippen LogP contribution in [0.25, 0.3) is 0 Å². The largest absolute Gasteiger partial charge is 0.331 e. The van der Waals surface area contributed by atoms with E-state index < -0.39 is 0 Å². The van der Waals surface area contributed by atoms with E-state index in [0.717, 1.165) is 6.42 Å². The molecule has 1 fully saturated rings. The highest BCUT2D eigenvalue weighted by Crippen LogP contribution is 2.20. The molecule has 84 valence electrons. The fraction of sp³-hybridized carbons (Fsp3) is 0.333. The monoisotopic (exact) mass is 218 g/mol. The van der Waals surface area contributed by atoms with Crippen LogP contribution in [0.3, 0.4) is 0 Å². The van der Waals surface area contributed by atoms with Crippen LogP contribution in [0, 0.1) is 0 Å². The zero-order valence-electron chi connectivity index (χ0n) is 9.22. The van der Waals surface area contributed by atoms with Crippen LogP contribution in [0.2, 0.25) is 0 Å². The number of hydrogen-bond acceptors (Lipinski definition) is 2. The van der Waals surface area contributed by atoms with E-state index >= 15 is 0 Å². The van der Waals surface area contributed by atoms with Gasteiger partial charge in [0.1, 0.15) is 6.54 Å². The van der Waals surface area contributed by atoms with Crippen molar-refractivity contribution in [1.82, 2.24) is 4.90 Å². The van der Waals surface area contributed by atoms with Crippen molar-refractivity contribution in [2.24, 2.45) is 0 Å². The third-order valence-corrected chi connectivity index (χ3v) is 2.55. The van der Waals surface area contributed by atoms with Crippen molar-refractivity contribution in [3.63, 3.8) is 0 Å². The SMILES string of the molecule is CCCN1CC(=O)N(c2ccccc2)C1=O. The molecule has 1 heterocycles. The Kier molecular flexibility index (Phi) is 2.90. The molecule has 0 bridgehead atoms. The van der Waals surface area contributed by atoms with Gasteiger partial charge in [-0.3, -0.25) is 4.79 Å². The second kappa shape index (κ2) is 4.35. The molecule has 0 radical (unpaired) electrons. The molecule has 1 aromatic carbocycles. The van der Waals surface area contributed by atoms with E-state index in [-0.39, 0.29) is 18.5 Å². The van der Waals surface area contributed by atoms with Crippen molar-refractivity contribution >= 4 is 17.6 Å². The van der Waals surface area contributed by atoms with Crippen LogP contribution < -0.4 is 4.90 Å². The number of anilines is 1. The first-order valence-corrected chi connectivity index (χ1v) is 5.41. The molecule has 0 aromatic heterocycles. The molecule has 0 saturated carbocycles. The van der Waals surface area contributed by atoms with Gasteiger partial charge < -0.3 is 4.90 Å². The Bertz CT molecular complexity index is 403. The minimum absolute atomic E-state index is 0.148. The van der Waals surface area contributed by atoms with Crippen molar-refractivity contribution in [3.05, 3.63) is 30.3 Å². The zero-order valence-corrected chi connectivity index (χ0v) is 9.22. The third kappa shape index (κ3) is 1.78. The molecule has 0 unspecified atom stereocenters. The average molecular weight is 218 g/mol. The van der Waals surface area contributed by atoms with Crippen LogP contribution in [0.4, 0.5) is 10.5 Å². The molecule has 2 rings (SSSR count). The van der Waals surface area contributed by atoms with Crippen LogP contribution in [0.5, 0.6) is 0 Å². The third-order valence-electron chi connectivity index (χ3n) is 2.55. The van der Waals surface area contributed by atoms with Crippen molar-refractivity contribution < 1.29 is 9.59 Å². The number of urea groups is 1. The molecule has 1 saturated heterocycles. The van der Waals surface area contributed by atoms with Crippen molar-refractivity contribution in [2.75, 3.05) is 18.0 Å². The molecule has 1 aliphatic rings. The Morgan fingerprint density at radius 1 is 1.19 bits per heavy atom.